The van der Waals surface area contributed by atoms with E-state index < -0.39 is 76.8 Å². The zero-order valence-electron chi connectivity index (χ0n) is 12.3. The summed E-state index contributed by atoms with van der Waals surface area (Å²) < 4.78 is 58.8. The summed E-state index contributed by atoms with van der Waals surface area (Å²) in [6.07, 6.45) is 0. The number of nitrogen functional groups attached to an aromatic ring is 1. The van der Waals surface area contributed by atoms with Crippen LogP contribution in [0.15, 0.2) is 23.1 Å². The summed E-state index contributed by atoms with van der Waals surface area (Å²) in [6.45, 7) is 0. The third kappa shape index (κ3) is 2.34. The van der Waals surface area contributed by atoms with E-state index in [-0.39, 0.29) is 0 Å². The van der Waals surface area contributed by atoms with Gasteiger partial charge in [-0.1, -0.05) is 0 Å². The van der Waals surface area contributed by atoms with Crippen LogP contribution in [0.5, 0.6) is 0 Å². The molecule has 1 aliphatic carbocycles. The van der Waals surface area contributed by atoms with Crippen molar-refractivity contribution in [2.24, 2.45) is 0 Å². The number of nitro groups is 1. The van der Waals surface area contributed by atoms with Crippen LogP contribution in [0.25, 0.3) is 0 Å². The van der Waals surface area contributed by atoms with Gasteiger partial charge in [-0.3, -0.25) is 24.3 Å². The summed E-state index contributed by atoms with van der Waals surface area (Å²) in [5, 5.41) is 11.2. The summed E-state index contributed by atoms with van der Waals surface area (Å²) in [7, 11) is -5.08. The van der Waals surface area contributed by atoms with Crippen molar-refractivity contribution in [3.8, 4) is 0 Å². The molecular weight excluding hydrogens is 378 g/mol. The monoisotopic (exact) mass is 384 g/mol. The van der Waals surface area contributed by atoms with Crippen molar-refractivity contribution in [3.63, 3.8) is 0 Å². The molecule has 0 aromatic heterocycles. The molecule has 0 saturated carbocycles. The van der Waals surface area contributed by atoms with Crippen molar-refractivity contribution >= 4 is 33.1 Å². The fraction of sp³-hybridized carbons (Fsp3) is 0. The second kappa shape index (κ2) is 5.37. The first-order chi connectivity index (χ1) is 11.9. The van der Waals surface area contributed by atoms with Crippen LogP contribution < -0.4 is 5.73 Å². The van der Waals surface area contributed by atoms with Crippen molar-refractivity contribution in [3.05, 3.63) is 62.2 Å². The summed E-state index contributed by atoms with van der Waals surface area (Å²) in [4.78, 5) is 34.0. The zero-order chi connectivity index (χ0) is 19.5. The van der Waals surface area contributed by atoms with Crippen LogP contribution in [0.4, 0.5) is 20.2 Å². The smallest absolute Gasteiger partial charge is 0.296 e. The number of nitro benzene ring substituents is 1. The zero-order valence-corrected chi connectivity index (χ0v) is 13.1. The first kappa shape index (κ1) is 17.6. The van der Waals surface area contributed by atoms with E-state index in [0.29, 0.717) is 18.2 Å². The SMILES string of the molecule is Nc1c(S(=O)(=O)O)cc([N+](=O)[O-])c2c1C(=O)c1cc(F)c(F)cc1C2=O. The average Bonchev–Trinajstić information content (AvgIpc) is 2.52. The highest BCUT2D eigenvalue weighted by atomic mass is 32.2. The molecule has 0 saturated heterocycles. The number of carbonyl (C=O) groups is 2. The number of nitrogens with two attached hydrogens (primary N) is 1. The maximum atomic E-state index is 13.4. The molecule has 0 spiro atoms. The third-order valence-corrected chi connectivity index (χ3v) is 4.68. The molecule has 1 aliphatic rings. The summed E-state index contributed by atoms with van der Waals surface area (Å²) in [5.41, 5.74) is 0.460. The number of nitrogens with zero attached hydrogens (tertiary/aromatic N) is 1. The normalized spacial score (nSPS) is 13.3. The molecule has 3 rings (SSSR count). The summed E-state index contributed by atoms with van der Waals surface area (Å²) in [5.74, 6) is -5.36. The lowest BCUT2D eigenvalue weighted by molar-refractivity contribution is -0.385. The Hall–Kier alpha value is -3.25. The number of carbonyl (C=O) groups excluding carboxylic acids is 2. The highest BCUT2D eigenvalue weighted by Crippen LogP contribution is 2.40. The Balaban J connectivity index is 2.50. The van der Waals surface area contributed by atoms with Gasteiger partial charge in [0, 0.05) is 17.2 Å². The van der Waals surface area contributed by atoms with E-state index in [9.17, 15) is 36.9 Å². The lowest BCUT2D eigenvalue weighted by Gasteiger charge is -2.20. The largest absolute Gasteiger partial charge is 0.397 e. The lowest BCUT2D eigenvalue weighted by Crippen LogP contribution is -2.25. The quantitative estimate of drug-likeness (QED) is 0.291. The van der Waals surface area contributed by atoms with E-state index in [1.807, 2.05) is 0 Å². The molecule has 9 nitrogen and oxygen atoms in total. The number of anilines is 1. The molecular formula is C14H6F2N2O7S. The van der Waals surface area contributed by atoms with Gasteiger partial charge in [-0.25, -0.2) is 8.78 Å². The predicted molar refractivity (Wildman–Crippen MR) is 80.5 cm³/mol. The topological polar surface area (TPSA) is 158 Å². The molecule has 2 aromatic carbocycles. The molecule has 0 fully saturated rings. The predicted octanol–water partition coefficient (Wildman–Crippen LogP) is 1.48. The van der Waals surface area contributed by atoms with Crippen LogP contribution in [-0.4, -0.2) is 29.5 Å². The van der Waals surface area contributed by atoms with Gasteiger partial charge in [0.15, 0.2) is 17.4 Å². The van der Waals surface area contributed by atoms with Crippen LogP contribution in [0, 0.1) is 21.7 Å². The molecule has 2 aromatic rings. The molecule has 0 aliphatic heterocycles. The van der Waals surface area contributed by atoms with Crippen LogP contribution in [-0.2, 0) is 10.1 Å². The van der Waals surface area contributed by atoms with E-state index in [0.717, 1.165) is 0 Å². The van der Waals surface area contributed by atoms with Gasteiger partial charge in [0.2, 0.25) is 5.78 Å². The van der Waals surface area contributed by atoms with Gasteiger partial charge >= 0.3 is 0 Å². The van der Waals surface area contributed by atoms with Gasteiger partial charge in [0.1, 0.15) is 10.5 Å². The second-order valence-electron chi connectivity index (χ2n) is 5.26. The highest BCUT2D eigenvalue weighted by Gasteiger charge is 2.40. The Morgan fingerprint density at radius 1 is 1.00 bits per heavy atom. The molecule has 0 heterocycles. The fourth-order valence-corrected chi connectivity index (χ4v) is 3.32. The third-order valence-electron chi connectivity index (χ3n) is 3.79. The van der Waals surface area contributed by atoms with Crippen molar-refractivity contribution in [1.82, 2.24) is 0 Å². The first-order valence-corrected chi connectivity index (χ1v) is 8.06. The minimum atomic E-state index is -5.08. The van der Waals surface area contributed by atoms with Gasteiger partial charge in [-0.2, -0.15) is 8.42 Å². The van der Waals surface area contributed by atoms with E-state index >= 15 is 0 Å². The second-order valence-corrected chi connectivity index (χ2v) is 6.65. The molecule has 0 bridgehead atoms. The number of hydrogen-bond donors (Lipinski definition) is 2. The van der Waals surface area contributed by atoms with E-state index in [1.54, 1.807) is 0 Å². The van der Waals surface area contributed by atoms with Crippen LogP contribution >= 0.6 is 0 Å². The maximum absolute atomic E-state index is 13.4. The molecule has 26 heavy (non-hydrogen) atoms. The molecule has 0 amide bonds. The summed E-state index contributed by atoms with van der Waals surface area (Å²) >= 11 is 0. The van der Waals surface area contributed by atoms with Gasteiger partial charge in [0.05, 0.1) is 16.2 Å². The van der Waals surface area contributed by atoms with Crippen LogP contribution in [0.3, 0.4) is 0 Å². The number of fused-ring (bicyclic) bond motifs is 2. The Labute approximate surface area is 142 Å². The molecule has 3 N–H and O–H groups in total. The van der Waals surface area contributed by atoms with Crippen LogP contribution in [0.1, 0.15) is 31.8 Å². The van der Waals surface area contributed by atoms with Crippen molar-refractivity contribution in [2.45, 2.75) is 4.90 Å². The van der Waals surface area contributed by atoms with E-state index in [1.165, 1.54) is 0 Å². The molecule has 12 heteroatoms. The molecule has 0 atom stereocenters. The minimum absolute atomic E-state index is 0.319. The first-order valence-electron chi connectivity index (χ1n) is 6.62. The minimum Gasteiger partial charge on any atom is -0.397 e. The molecule has 0 unspecified atom stereocenters. The Kier molecular flexibility index (Phi) is 3.63. The van der Waals surface area contributed by atoms with Gasteiger partial charge in [0.25, 0.3) is 15.8 Å². The fourth-order valence-electron chi connectivity index (χ4n) is 2.68. The Bertz CT molecular complexity index is 1160. The number of ketones is 2. The lowest BCUT2D eigenvalue weighted by atomic mass is 9.82. The standard InChI is InChI=1S/C14H6F2N2O7S/c15-6-1-4-5(2-7(6)16)14(20)11-10(13(4)19)8(18(21)22)3-9(12(11)17)26(23,24)25/h1-3H,17H2,(H,23,24,25). The van der Waals surface area contributed by atoms with Crippen molar-refractivity contribution < 1.29 is 36.3 Å². The van der Waals surface area contributed by atoms with E-state index in [4.69, 9.17) is 10.3 Å². The number of hydrogen-bond acceptors (Lipinski definition) is 7. The highest BCUT2D eigenvalue weighted by molar-refractivity contribution is 7.86. The Morgan fingerprint density at radius 3 is 1.88 bits per heavy atom. The Morgan fingerprint density at radius 2 is 1.46 bits per heavy atom. The van der Waals surface area contributed by atoms with Crippen molar-refractivity contribution in [2.75, 3.05) is 5.73 Å². The van der Waals surface area contributed by atoms with Gasteiger partial charge in [-0.05, 0) is 12.1 Å². The molecule has 134 valence electrons. The van der Waals surface area contributed by atoms with Crippen molar-refractivity contribution in [1.29, 1.82) is 0 Å². The molecule has 0 radical (unpaired) electrons. The van der Waals surface area contributed by atoms with Gasteiger partial charge in [-0.15, -0.1) is 0 Å². The van der Waals surface area contributed by atoms with Crippen LogP contribution in [0.2, 0.25) is 0 Å². The average molecular weight is 384 g/mol. The number of rotatable bonds is 2. The van der Waals surface area contributed by atoms with E-state index in [2.05, 4.69) is 0 Å². The summed E-state index contributed by atoms with van der Waals surface area (Å²) in [6, 6.07) is 1.13. The number of benzene rings is 2. The van der Waals surface area contributed by atoms with Gasteiger partial charge < -0.3 is 5.73 Å². The number of halogens is 2. The maximum Gasteiger partial charge on any atom is 0.296 e.